The van der Waals surface area contributed by atoms with Gasteiger partial charge in [-0.2, -0.15) is 0 Å². The predicted octanol–water partition coefficient (Wildman–Crippen LogP) is 4.90. The summed E-state index contributed by atoms with van der Waals surface area (Å²) in [4.78, 5) is 16.6. The van der Waals surface area contributed by atoms with E-state index in [0.717, 1.165) is 11.1 Å². The number of carbonyl (C=O) groups excluding carboxylic acids is 1. The summed E-state index contributed by atoms with van der Waals surface area (Å²) in [6.45, 7) is 3.92. The summed E-state index contributed by atoms with van der Waals surface area (Å²) in [5.74, 6) is -0.743. The summed E-state index contributed by atoms with van der Waals surface area (Å²) in [6, 6.07) is 11.6. The molecular weight excluding hydrogens is 315 g/mol. The van der Waals surface area contributed by atoms with Crippen molar-refractivity contribution in [2.45, 2.75) is 13.8 Å². The molecule has 3 rings (SSSR count). The average Bonchev–Trinajstić information content (AvgIpc) is 2.45. The van der Waals surface area contributed by atoms with Crippen molar-refractivity contribution in [2.75, 3.05) is 5.32 Å². The molecule has 116 valence electrons. The minimum Gasteiger partial charge on any atom is -0.322 e. The minimum absolute atomic E-state index is 0.0463. The quantitative estimate of drug-likeness (QED) is 0.680. The zero-order valence-corrected chi connectivity index (χ0v) is 13.4. The molecule has 0 unspecified atom stereocenters. The third-order valence-electron chi connectivity index (χ3n) is 3.46. The molecule has 0 saturated heterocycles. The van der Waals surface area contributed by atoms with Crippen LogP contribution in [-0.2, 0) is 0 Å². The Labute approximate surface area is 138 Å². The lowest BCUT2D eigenvalue weighted by molar-refractivity contribution is 0.102. The average molecular weight is 329 g/mol. The van der Waals surface area contributed by atoms with Crippen LogP contribution >= 0.6 is 11.6 Å². The van der Waals surface area contributed by atoms with Crippen molar-refractivity contribution in [1.29, 1.82) is 0 Å². The Balaban J connectivity index is 1.97. The van der Waals surface area contributed by atoms with E-state index in [-0.39, 0.29) is 16.6 Å². The van der Waals surface area contributed by atoms with Crippen molar-refractivity contribution < 1.29 is 9.18 Å². The molecule has 0 saturated carbocycles. The van der Waals surface area contributed by atoms with Gasteiger partial charge in [0.25, 0.3) is 5.91 Å². The predicted molar refractivity (Wildman–Crippen MR) is 90.6 cm³/mol. The molecule has 23 heavy (non-hydrogen) atoms. The zero-order valence-electron chi connectivity index (χ0n) is 12.7. The van der Waals surface area contributed by atoms with E-state index in [2.05, 4.69) is 10.3 Å². The van der Waals surface area contributed by atoms with Crippen molar-refractivity contribution in [1.82, 2.24) is 4.98 Å². The molecule has 2 aromatic carbocycles. The molecule has 0 bridgehead atoms. The van der Waals surface area contributed by atoms with E-state index in [1.54, 1.807) is 12.1 Å². The third-order valence-corrected chi connectivity index (χ3v) is 3.75. The number of aryl methyl sites for hydroxylation is 2. The number of amides is 1. The molecule has 5 heteroatoms. The lowest BCUT2D eigenvalue weighted by atomic mass is 10.1. The second kappa shape index (κ2) is 5.97. The number of aromatic nitrogens is 1. The Kier molecular flexibility index (Phi) is 4.01. The summed E-state index contributed by atoms with van der Waals surface area (Å²) < 4.78 is 13.2. The standard InChI is InChI=1S/C18H14ClFN2O/c1-10-5-11(2)7-14(6-10)21-18(23)15-8-12-3-4-13(20)9-16(12)22-17(15)19/h3-9H,1-2H3,(H,21,23). The molecule has 0 aliphatic carbocycles. The van der Waals surface area contributed by atoms with E-state index in [4.69, 9.17) is 11.6 Å². The smallest absolute Gasteiger partial charge is 0.258 e. The largest absolute Gasteiger partial charge is 0.322 e. The molecule has 1 amide bonds. The monoisotopic (exact) mass is 328 g/mol. The van der Waals surface area contributed by atoms with Crippen molar-refractivity contribution in [3.63, 3.8) is 0 Å². The van der Waals surface area contributed by atoms with Gasteiger partial charge in [0.1, 0.15) is 11.0 Å². The summed E-state index contributed by atoms with van der Waals surface area (Å²) in [5.41, 5.74) is 3.47. The maximum absolute atomic E-state index is 13.2. The SMILES string of the molecule is Cc1cc(C)cc(NC(=O)c2cc3ccc(F)cc3nc2Cl)c1. The van der Waals surface area contributed by atoms with Crippen molar-refractivity contribution in [3.8, 4) is 0 Å². The first-order chi connectivity index (χ1) is 10.9. The van der Waals surface area contributed by atoms with Gasteiger partial charge in [0.2, 0.25) is 0 Å². The fourth-order valence-electron chi connectivity index (χ4n) is 2.52. The van der Waals surface area contributed by atoms with E-state index >= 15 is 0 Å². The van der Waals surface area contributed by atoms with Gasteiger partial charge < -0.3 is 5.32 Å². The Morgan fingerprint density at radius 2 is 1.78 bits per heavy atom. The van der Waals surface area contributed by atoms with Crippen LogP contribution in [0.25, 0.3) is 10.9 Å². The molecule has 1 aromatic heterocycles. The van der Waals surface area contributed by atoms with Crippen molar-refractivity contribution >= 4 is 34.1 Å². The van der Waals surface area contributed by atoms with Crippen LogP contribution in [0, 0.1) is 19.7 Å². The van der Waals surface area contributed by atoms with E-state index in [9.17, 15) is 9.18 Å². The number of rotatable bonds is 2. The van der Waals surface area contributed by atoms with Crippen molar-refractivity contribution in [2.24, 2.45) is 0 Å². The van der Waals surface area contributed by atoms with Crippen LogP contribution in [0.1, 0.15) is 21.5 Å². The second-order valence-corrected chi connectivity index (χ2v) is 5.85. The number of halogens is 2. The molecule has 3 aromatic rings. The molecule has 0 fully saturated rings. The van der Waals surface area contributed by atoms with E-state index < -0.39 is 5.82 Å². The van der Waals surface area contributed by atoms with Crippen LogP contribution in [0.4, 0.5) is 10.1 Å². The maximum atomic E-state index is 13.2. The fraction of sp³-hybridized carbons (Fsp3) is 0.111. The fourth-order valence-corrected chi connectivity index (χ4v) is 2.75. The molecule has 0 atom stereocenters. The summed E-state index contributed by atoms with van der Waals surface area (Å²) in [7, 11) is 0. The molecule has 0 spiro atoms. The van der Waals surface area contributed by atoms with Gasteiger partial charge in [0.15, 0.2) is 0 Å². The van der Waals surface area contributed by atoms with E-state index in [1.165, 1.54) is 12.1 Å². The van der Waals surface area contributed by atoms with E-state index in [0.29, 0.717) is 16.6 Å². The number of nitrogens with zero attached hydrogens (tertiary/aromatic N) is 1. The summed E-state index contributed by atoms with van der Waals surface area (Å²) >= 11 is 6.08. The van der Waals surface area contributed by atoms with Gasteiger partial charge in [0, 0.05) is 17.1 Å². The first-order valence-corrected chi connectivity index (χ1v) is 7.45. The Morgan fingerprint density at radius 1 is 1.09 bits per heavy atom. The van der Waals surface area contributed by atoms with Gasteiger partial charge in [0.05, 0.1) is 11.1 Å². The van der Waals surface area contributed by atoms with Crippen LogP contribution in [0.15, 0.2) is 42.5 Å². The van der Waals surface area contributed by atoms with Crippen molar-refractivity contribution in [3.05, 3.63) is 70.1 Å². The normalized spacial score (nSPS) is 10.8. The minimum atomic E-state index is -0.395. The number of benzene rings is 2. The highest BCUT2D eigenvalue weighted by atomic mass is 35.5. The Bertz CT molecular complexity index is 904. The number of hydrogen-bond acceptors (Lipinski definition) is 2. The highest BCUT2D eigenvalue weighted by Crippen LogP contribution is 2.23. The molecule has 0 aliphatic heterocycles. The first kappa shape index (κ1) is 15.4. The molecule has 0 aliphatic rings. The second-order valence-electron chi connectivity index (χ2n) is 5.49. The van der Waals surface area contributed by atoms with E-state index in [1.807, 2.05) is 32.0 Å². The van der Waals surface area contributed by atoms with Gasteiger partial charge in [-0.25, -0.2) is 9.37 Å². The van der Waals surface area contributed by atoms with Gasteiger partial charge in [-0.15, -0.1) is 0 Å². The Hall–Kier alpha value is -2.46. The summed E-state index contributed by atoms with van der Waals surface area (Å²) in [6.07, 6.45) is 0. The van der Waals surface area contributed by atoms with Gasteiger partial charge >= 0.3 is 0 Å². The van der Waals surface area contributed by atoms with Gasteiger partial charge in [-0.1, -0.05) is 17.7 Å². The number of fused-ring (bicyclic) bond motifs is 1. The number of anilines is 1. The van der Waals surface area contributed by atoms with Gasteiger partial charge in [-0.05, 0) is 55.3 Å². The lowest BCUT2D eigenvalue weighted by Crippen LogP contribution is -2.13. The first-order valence-electron chi connectivity index (χ1n) is 7.08. The van der Waals surface area contributed by atoms with Crippen LogP contribution in [-0.4, -0.2) is 10.9 Å². The van der Waals surface area contributed by atoms with Crippen LogP contribution in [0.3, 0.4) is 0 Å². The number of carbonyl (C=O) groups is 1. The lowest BCUT2D eigenvalue weighted by Gasteiger charge is -2.09. The molecular formula is C18H14ClFN2O. The van der Waals surface area contributed by atoms with Crippen LogP contribution in [0.5, 0.6) is 0 Å². The molecule has 1 N–H and O–H groups in total. The molecule has 3 nitrogen and oxygen atoms in total. The number of nitrogens with one attached hydrogen (secondary N) is 1. The zero-order chi connectivity index (χ0) is 16.6. The summed E-state index contributed by atoms with van der Waals surface area (Å²) in [5, 5.41) is 3.52. The Morgan fingerprint density at radius 3 is 2.48 bits per heavy atom. The molecule has 1 heterocycles. The topological polar surface area (TPSA) is 42.0 Å². The number of hydrogen-bond donors (Lipinski definition) is 1. The highest BCUT2D eigenvalue weighted by Gasteiger charge is 2.14. The highest BCUT2D eigenvalue weighted by molar-refractivity contribution is 6.33. The molecule has 0 radical (unpaired) electrons. The maximum Gasteiger partial charge on any atom is 0.258 e. The van der Waals surface area contributed by atoms with Gasteiger partial charge in [-0.3, -0.25) is 4.79 Å². The third kappa shape index (κ3) is 3.32. The van der Waals surface area contributed by atoms with Crippen LogP contribution < -0.4 is 5.32 Å². The van der Waals surface area contributed by atoms with Crippen LogP contribution in [0.2, 0.25) is 5.15 Å². The number of pyridine rings is 1.